The summed E-state index contributed by atoms with van der Waals surface area (Å²) in [6.07, 6.45) is 3.31. The monoisotopic (exact) mass is 197 g/mol. The van der Waals surface area contributed by atoms with Crippen LogP contribution in [-0.4, -0.2) is 10.4 Å². The van der Waals surface area contributed by atoms with Crippen molar-refractivity contribution in [3.63, 3.8) is 0 Å². The Bertz CT molecular complexity index is 370. The third-order valence-corrected chi connectivity index (χ3v) is 2.73. The van der Waals surface area contributed by atoms with Crippen molar-refractivity contribution in [2.45, 2.75) is 25.8 Å². The molecule has 0 amide bonds. The molecule has 0 radical (unpaired) electrons. The summed E-state index contributed by atoms with van der Waals surface area (Å²) in [6, 6.07) is 3.60. The molecule has 1 aliphatic carbocycles. The number of hydrogen-bond acceptors (Lipinski definition) is 1. The molecule has 0 bridgehead atoms. The Kier molecular flexibility index (Phi) is 2.40. The molecule has 1 heterocycles. The number of rotatable bonds is 2. The van der Waals surface area contributed by atoms with Gasteiger partial charge in [-0.25, -0.2) is 0 Å². The largest absolute Gasteiger partial charge is 0.311 e. The maximum Gasteiger partial charge on any atom is 0.250 e. The minimum absolute atomic E-state index is 0.0845. The van der Waals surface area contributed by atoms with E-state index >= 15 is 0 Å². The predicted molar refractivity (Wildman–Crippen MR) is 53.4 cm³/mol. The van der Waals surface area contributed by atoms with Gasteiger partial charge in [0.25, 0.3) is 5.56 Å². The summed E-state index contributed by atoms with van der Waals surface area (Å²) in [5.74, 6) is 0.510. The molecule has 0 fully saturated rings. The van der Waals surface area contributed by atoms with E-state index in [1.807, 2.05) is 10.6 Å². The van der Waals surface area contributed by atoms with Crippen LogP contribution in [0, 0.1) is 0 Å². The number of halogens is 1. The lowest BCUT2D eigenvalue weighted by Crippen LogP contribution is -2.23. The normalized spacial score (nSPS) is 14.5. The van der Waals surface area contributed by atoms with Gasteiger partial charge in [-0.15, -0.1) is 11.6 Å². The van der Waals surface area contributed by atoms with Gasteiger partial charge in [-0.3, -0.25) is 4.79 Å². The molecule has 1 aliphatic rings. The van der Waals surface area contributed by atoms with E-state index in [4.69, 9.17) is 11.6 Å². The van der Waals surface area contributed by atoms with Gasteiger partial charge in [0.1, 0.15) is 0 Å². The average molecular weight is 198 g/mol. The second kappa shape index (κ2) is 3.54. The van der Waals surface area contributed by atoms with Gasteiger partial charge in [0.15, 0.2) is 0 Å². The van der Waals surface area contributed by atoms with Crippen molar-refractivity contribution in [3.8, 4) is 0 Å². The number of alkyl halides is 1. The third-order valence-electron chi connectivity index (χ3n) is 2.56. The van der Waals surface area contributed by atoms with Gasteiger partial charge in [0.2, 0.25) is 0 Å². The van der Waals surface area contributed by atoms with Gasteiger partial charge in [0, 0.05) is 24.2 Å². The van der Waals surface area contributed by atoms with Crippen LogP contribution in [-0.2, 0) is 19.4 Å². The lowest BCUT2D eigenvalue weighted by Gasteiger charge is -2.09. The Morgan fingerprint density at radius 2 is 2.23 bits per heavy atom. The van der Waals surface area contributed by atoms with E-state index < -0.39 is 0 Å². The molecule has 0 unspecified atom stereocenters. The molecule has 13 heavy (non-hydrogen) atoms. The molecule has 70 valence electrons. The number of hydrogen-bond donors (Lipinski definition) is 0. The highest BCUT2D eigenvalue weighted by molar-refractivity contribution is 6.17. The Morgan fingerprint density at radius 1 is 1.38 bits per heavy atom. The highest BCUT2D eigenvalue weighted by Gasteiger charge is 2.14. The van der Waals surface area contributed by atoms with Crippen molar-refractivity contribution in [1.82, 2.24) is 4.57 Å². The van der Waals surface area contributed by atoms with Crippen LogP contribution >= 0.6 is 11.6 Å². The van der Waals surface area contributed by atoms with Gasteiger partial charge >= 0.3 is 0 Å². The molecule has 1 aromatic rings. The number of pyridine rings is 1. The fourth-order valence-corrected chi connectivity index (χ4v) is 2.13. The summed E-state index contributed by atoms with van der Waals surface area (Å²) in [5, 5.41) is 0. The number of aryl methyl sites for hydroxylation is 1. The first-order chi connectivity index (χ1) is 6.33. The van der Waals surface area contributed by atoms with Crippen molar-refractivity contribution in [3.05, 3.63) is 33.7 Å². The molecule has 0 aromatic carbocycles. The molecular weight excluding hydrogens is 186 g/mol. The van der Waals surface area contributed by atoms with Gasteiger partial charge < -0.3 is 4.57 Å². The fraction of sp³-hybridized carbons (Fsp3) is 0.500. The minimum atomic E-state index is 0.0845. The number of nitrogens with zero attached hydrogens (tertiary/aromatic N) is 1. The topological polar surface area (TPSA) is 22.0 Å². The third kappa shape index (κ3) is 1.51. The van der Waals surface area contributed by atoms with E-state index in [-0.39, 0.29) is 5.56 Å². The van der Waals surface area contributed by atoms with E-state index in [2.05, 4.69) is 0 Å². The zero-order valence-electron chi connectivity index (χ0n) is 7.42. The maximum atomic E-state index is 11.5. The number of aromatic nitrogens is 1. The molecule has 0 saturated heterocycles. The van der Waals surface area contributed by atoms with Crippen molar-refractivity contribution in [1.29, 1.82) is 0 Å². The van der Waals surface area contributed by atoms with Crippen molar-refractivity contribution in [2.75, 3.05) is 5.88 Å². The highest BCUT2D eigenvalue weighted by Crippen LogP contribution is 2.19. The Morgan fingerprint density at radius 3 is 3.00 bits per heavy atom. The van der Waals surface area contributed by atoms with E-state index in [0.717, 1.165) is 12.8 Å². The van der Waals surface area contributed by atoms with Crippen LogP contribution in [0.15, 0.2) is 16.9 Å². The summed E-state index contributed by atoms with van der Waals surface area (Å²) in [4.78, 5) is 11.5. The van der Waals surface area contributed by atoms with Crippen LogP contribution in [0.3, 0.4) is 0 Å². The number of fused-ring (bicyclic) bond motifs is 1. The maximum absolute atomic E-state index is 11.5. The van der Waals surface area contributed by atoms with E-state index in [1.165, 1.54) is 17.7 Å². The zero-order chi connectivity index (χ0) is 9.26. The smallest absolute Gasteiger partial charge is 0.250 e. The quantitative estimate of drug-likeness (QED) is 0.660. The van der Waals surface area contributed by atoms with Crippen LogP contribution in [0.1, 0.15) is 17.7 Å². The zero-order valence-corrected chi connectivity index (χ0v) is 8.18. The van der Waals surface area contributed by atoms with E-state index in [9.17, 15) is 4.79 Å². The summed E-state index contributed by atoms with van der Waals surface area (Å²) >= 11 is 5.65. The highest BCUT2D eigenvalue weighted by atomic mass is 35.5. The second-order valence-electron chi connectivity index (χ2n) is 3.34. The van der Waals surface area contributed by atoms with Crippen LogP contribution < -0.4 is 5.56 Å². The van der Waals surface area contributed by atoms with E-state index in [0.29, 0.717) is 12.4 Å². The van der Waals surface area contributed by atoms with E-state index in [1.54, 1.807) is 6.07 Å². The first-order valence-corrected chi connectivity index (χ1v) is 5.14. The molecule has 2 rings (SSSR count). The Labute approximate surface area is 82.1 Å². The molecular formula is C10H12ClNO. The van der Waals surface area contributed by atoms with Gasteiger partial charge in [-0.1, -0.05) is 6.07 Å². The summed E-state index contributed by atoms with van der Waals surface area (Å²) in [5.41, 5.74) is 2.61. The summed E-state index contributed by atoms with van der Waals surface area (Å²) < 4.78 is 1.81. The van der Waals surface area contributed by atoms with Gasteiger partial charge in [0.05, 0.1) is 0 Å². The molecule has 2 nitrogen and oxygen atoms in total. The first-order valence-electron chi connectivity index (χ1n) is 4.60. The van der Waals surface area contributed by atoms with Gasteiger partial charge in [-0.05, 0) is 24.8 Å². The summed E-state index contributed by atoms with van der Waals surface area (Å²) in [7, 11) is 0. The standard InChI is InChI=1S/C10H12ClNO/c11-6-7-12-9-3-1-2-8(9)4-5-10(12)13/h4-5H,1-3,6-7H2. The molecule has 0 saturated carbocycles. The van der Waals surface area contributed by atoms with Crippen LogP contribution in [0.2, 0.25) is 0 Å². The fourth-order valence-electron chi connectivity index (χ4n) is 1.96. The van der Waals surface area contributed by atoms with Crippen molar-refractivity contribution in [2.24, 2.45) is 0 Å². The van der Waals surface area contributed by atoms with Crippen LogP contribution in [0.5, 0.6) is 0 Å². The Balaban J connectivity index is 2.52. The lowest BCUT2D eigenvalue weighted by atomic mass is 10.2. The molecule has 0 atom stereocenters. The molecule has 0 aliphatic heterocycles. The first kappa shape index (κ1) is 8.82. The predicted octanol–water partition coefficient (Wildman–Crippen LogP) is 1.58. The summed E-state index contributed by atoms with van der Waals surface area (Å²) in [6.45, 7) is 0.642. The van der Waals surface area contributed by atoms with Crippen LogP contribution in [0.25, 0.3) is 0 Å². The molecule has 3 heteroatoms. The Hall–Kier alpha value is -0.760. The van der Waals surface area contributed by atoms with Crippen molar-refractivity contribution < 1.29 is 0 Å². The molecule has 0 N–H and O–H groups in total. The lowest BCUT2D eigenvalue weighted by molar-refractivity contribution is 0.686. The van der Waals surface area contributed by atoms with Crippen LogP contribution in [0.4, 0.5) is 0 Å². The second-order valence-corrected chi connectivity index (χ2v) is 3.72. The van der Waals surface area contributed by atoms with Gasteiger partial charge in [-0.2, -0.15) is 0 Å². The molecule has 1 aromatic heterocycles. The molecule has 0 spiro atoms. The SMILES string of the molecule is O=c1ccc2c(n1CCCl)CCC2. The van der Waals surface area contributed by atoms with Crippen molar-refractivity contribution >= 4 is 11.6 Å². The minimum Gasteiger partial charge on any atom is -0.311 e. The average Bonchev–Trinajstić information content (AvgIpc) is 2.58.